The molecule has 1 N–H and O–H groups in total. The average Bonchev–Trinajstić information content (AvgIpc) is 2.80. The van der Waals surface area contributed by atoms with Crippen LogP contribution in [0.3, 0.4) is 0 Å². The molecule has 0 aromatic carbocycles. The van der Waals surface area contributed by atoms with Crippen molar-refractivity contribution in [3.63, 3.8) is 0 Å². The lowest BCUT2D eigenvalue weighted by molar-refractivity contribution is 0.511. The monoisotopic (exact) mass is 289 g/mol. The molecule has 2 aromatic rings. The summed E-state index contributed by atoms with van der Waals surface area (Å²) in [7, 11) is 0. The van der Waals surface area contributed by atoms with E-state index in [1.54, 1.807) is 11.3 Å². The van der Waals surface area contributed by atoms with E-state index >= 15 is 0 Å². The van der Waals surface area contributed by atoms with Crippen LogP contribution in [0, 0.1) is 20.8 Å². The van der Waals surface area contributed by atoms with Gasteiger partial charge in [-0.3, -0.25) is 4.98 Å². The Morgan fingerprint density at radius 2 is 2.10 bits per heavy atom. The molecule has 0 aliphatic rings. The van der Waals surface area contributed by atoms with Gasteiger partial charge in [-0.25, -0.2) is 4.98 Å². The summed E-state index contributed by atoms with van der Waals surface area (Å²) in [5, 5.41) is 6.89. The van der Waals surface area contributed by atoms with E-state index in [2.05, 4.69) is 54.4 Å². The molecule has 1 unspecified atom stereocenters. The van der Waals surface area contributed by atoms with Gasteiger partial charge >= 0.3 is 0 Å². The lowest BCUT2D eigenvalue weighted by Gasteiger charge is -2.19. The molecule has 2 heterocycles. The van der Waals surface area contributed by atoms with Crippen molar-refractivity contribution in [1.82, 2.24) is 15.3 Å². The predicted molar refractivity (Wildman–Crippen MR) is 85.3 cm³/mol. The summed E-state index contributed by atoms with van der Waals surface area (Å²) in [5.41, 5.74) is 4.77. The molecular weight excluding hydrogens is 266 g/mol. The maximum Gasteiger partial charge on any atom is 0.0897 e. The molecule has 0 fully saturated rings. The Balaban J connectivity index is 2.22. The van der Waals surface area contributed by atoms with Gasteiger partial charge in [0, 0.05) is 18.0 Å². The second kappa shape index (κ2) is 6.95. The van der Waals surface area contributed by atoms with Gasteiger partial charge in [0.05, 0.1) is 22.4 Å². The van der Waals surface area contributed by atoms with Crippen molar-refractivity contribution in [1.29, 1.82) is 0 Å². The minimum Gasteiger partial charge on any atom is -0.308 e. The second-order valence-electron chi connectivity index (χ2n) is 5.28. The van der Waals surface area contributed by atoms with Gasteiger partial charge in [-0.2, -0.15) is 0 Å². The van der Waals surface area contributed by atoms with E-state index in [-0.39, 0.29) is 6.04 Å². The zero-order valence-electron chi connectivity index (χ0n) is 12.7. The molecule has 3 nitrogen and oxygen atoms in total. The third-order valence-corrected chi connectivity index (χ3v) is 4.13. The molecule has 2 aromatic heterocycles. The zero-order valence-corrected chi connectivity index (χ0v) is 13.5. The number of hydrogen-bond acceptors (Lipinski definition) is 4. The molecule has 4 heteroatoms. The van der Waals surface area contributed by atoms with E-state index in [4.69, 9.17) is 0 Å². The fraction of sp³-hybridized carbons (Fsp3) is 0.500. The summed E-state index contributed by atoms with van der Waals surface area (Å²) in [6, 6.07) is 2.45. The lowest BCUT2D eigenvalue weighted by atomic mass is 10.0. The van der Waals surface area contributed by atoms with E-state index in [9.17, 15) is 0 Å². The predicted octanol–water partition coefficient (Wildman–Crippen LogP) is 3.75. The van der Waals surface area contributed by atoms with E-state index in [1.807, 2.05) is 6.20 Å². The number of aromatic nitrogens is 2. The summed E-state index contributed by atoms with van der Waals surface area (Å²) in [4.78, 5) is 9.23. The highest BCUT2D eigenvalue weighted by Crippen LogP contribution is 2.21. The maximum atomic E-state index is 4.65. The number of hydrogen-bond donors (Lipinski definition) is 1. The lowest BCUT2D eigenvalue weighted by Crippen LogP contribution is -2.26. The molecule has 0 bridgehead atoms. The summed E-state index contributed by atoms with van der Waals surface area (Å²) >= 11 is 1.71. The van der Waals surface area contributed by atoms with Crippen molar-refractivity contribution in [2.75, 3.05) is 6.54 Å². The van der Waals surface area contributed by atoms with Crippen LogP contribution in [0.4, 0.5) is 0 Å². The Bertz CT molecular complexity index is 563. The largest absolute Gasteiger partial charge is 0.308 e. The molecule has 2 rings (SSSR count). The van der Waals surface area contributed by atoms with Crippen LogP contribution in [0.25, 0.3) is 0 Å². The van der Waals surface area contributed by atoms with Crippen LogP contribution < -0.4 is 5.32 Å². The fourth-order valence-corrected chi connectivity index (χ4v) is 3.01. The van der Waals surface area contributed by atoms with Crippen molar-refractivity contribution in [3.8, 4) is 0 Å². The first-order valence-corrected chi connectivity index (χ1v) is 8.05. The highest BCUT2D eigenvalue weighted by Gasteiger charge is 2.16. The Kier molecular flexibility index (Phi) is 5.26. The quantitative estimate of drug-likeness (QED) is 0.880. The fourth-order valence-electron chi connectivity index (χ4n) is 2.39. The molecule has 108 valence electrons. The van der Waals surface area contributed by atoms with Crippen molar-refractivity contribution in [2.24, 2.45) is 0 Å². The van der Waals surface area contributed by atoms with E-state index in [0.29, 0.717) is 0 Å². The third kappa shape index (κ3) is 3.87. The molecule has 0 spiro atoms. The Labute approximate surface area is 125 Å². The van der Waals surface area contributed by atoms with E-state index in [0.717, 1.165) is 35.8 Å². The molecule has 0 aliphatic carbocycles. The first kappa shape index (κ1) is 15.1. The van der Waals surface area contributed by atoms with Crippen LogP contribution in [0.2, 0.25) is 0 Å². The SMILES string of the molecule is CCCNC(Cc1csc(C)n1)c1ncc(C)cc1C. The number of nitrogens with one attached hydrogen (secondary N) is 1. The van der Waals surface area contributed by atoms with Crippen LogP contribution in [0.15, 0.2) is 17.6 Å². The zero-order chi connectivity index (χ0) is 14.5. The number of rotatable bonds is 6. The van der Waals surface area contributed by atoms with Crippen molar-refractivity contribution in [3.05, 3.63) is 45.2 Å². The summed E-state index contributed by atoms with van der Waals surface area (Å²) in [6.07, 6.45) is 3.98. The third-order valence-electron chi connectivity index (χ3n) is 3.31. The highest BCUT2D eigenvalue weighted by molar-refractivity contribution is 7.09. The Morgan fingerprint density at radius 3 is 2.70 bits per heavy atom. The normalized spacial score (nSPS) is 12.6. The second-order valence-corrected chi connectivity index (χ2v) is 6.35. The molecule has 0 aliphatic heterocycles. The highest BCUT2D eigenvalue weighted by atomic mass is 32.1. The molecule has 0 radical (unpaired) electrons. The number of nitrogens with zero attached hydrogens (tertiary/aromatic N) is 2. The average molecular weight is 289 g/mol. The Hall–Kier alpha value is -1.26. The van der Waals surface area contributed by atoms with Crippen molar-refractivity contribution < 1.29 is 0 Å². The van der Waals surface area contributed by atoms with E-state index < -0.39 is 0 Å². The van der Waals surface area contributed by atoms with Crippen LogP contribution in [0.5, 0.6) is 0 Å². The van der Waals surface area contributed by atoms with Gasteiger partial charge in [-0.05, 0) is 44.9 Å². The van der Waals surface area contributed by atoms with Gasteiger partial charge in [0.25, 0.3) is 0 Å². The van der Waals surface area contributed by atoms with Gasteiger partial charge in [0.1, 0.15) is 0 Å². The van der Waals surface area contributed by atoms with Crippen molar-refractivity contribution in [2.45, 2.75) is 46.6 Å². The van der Waals surface area contributed by atoms with Crippen LogP contribution in [0.1, 0.15) is 46.9 Å². The van der Waals surface area contributed by atoms with Crippen LogP contribution in [-0.4, -0.2) is 16.5 Å². The molecular formula is C16H23N3S. The smallest absolute Gasteiger partial charge is 0.0897 e. The van der Waals surface area contributed by atoms with Gasteiger partial charge in [0.2, 0.25) is 0 Å². The maximum absolute atomic E-state index is 4.65. The van der Waals surface area contributed by atoms with Crippen molar-refractivity contribution >= 4 is 11.3 Å². The topological polar surface area (TPSA) is 37.8 Å². The first-order chi connectivity index (χ1) is 9.60. The molecule has 0 amide bonds. The molecule has 0 saturated heterocycles. The van der Waals surface area contributed by atoms with Gasteiger partial charge < -0.3 is 5.32 Å². The first-order valence-electron chi connectivity index (χ1n) is 7.17. The number of aryl methyl sites for hydroxylation is 3. The van der Waals surface area contributed by atoms with Crippen LogP contribution >= 0.6 is 11.3 Å². The van der Waals surface area contributed by atoms with Gasteiger partial charge in [-0.1, -0.05) is 13.0 Å². The number of thiazole rings is 1. The summed E-state index contributed by atoms with van der Waals surface area (Å²) in [6.45, 7) is 9.47. The minimum absolute atomic E-state index is 0.247. The van der Waals surface area contributed by atoms with Crippen LogP contribution in [-0.2, 0) is 6.42 Å². The standard InChI is InChI=1S/C16H23N3S/c1-5-6-17-15(8-14-10-20-13(4)19-14)16-12(3)7-11(2)9-18-16/h7,9-10,15,17H,5-6,8H2,1-4H3. The van der Waals surface area contributed by atoms with E-state index in [1.165, 1.54) is 11.1 Å². The molecule has 20 heavy (non-hydrogen) atoms. The summed E-state index contributed by atoms with van der Waals surface area (Å²) < 4.78 is 0. The Morgan fingerprint density at radius 1 is 1.30 bits per heavy atom. The number of pyridine rings is 1. The van der Waals surface area contributed by atoms with Gasteiger partial charge in [-0.15, -0.1) is 11.3 Å². The van der Waals surface area contributed by atoms with Gasteiger partial charge in [0.15, 0.2) is 0 Å². The summed E-state index contributed by atoms with van der Waals surface area (Å²) in [5.74, 6) is 0. The molecule has 1 atom stereocenters. The minimum atomic E-state index is 0.247. The molecule has 0 saturated carbocycles.